The average Bonchev–Trinajstić information content (AvgIpc) is 2.92. The molecular formula is C14H23N3O6. The van der Waals surface area contributed by atoms with Crippen LogP contribution in [0.1, 0.15) is 32.6 Å². The van der Waals surface area contributed by atoms with E-state index < -0.39 is 29.4 Å². The van der Waals surface area contributed by atoms with E-state index in [4.69, 9.17) is 10.8 Å². The smallest absolute Gasteiger partial charge is 0.328 e. The Balaban J connectivity index is 2.85. The maximum atomic E-state index is 12.6. The zero-order valence-corrected chi connectivity index (χ0v) is 13.3. The second kappa shape index (κ2) is 7.91. The lowest BCUT2D eigenvalue weighted by Crippen LogP contribution is -2.59. The summed E-state index contributed by atoms with van der Waals surface area (Å²) >= 11 is 0. The van der Waals surface area contributed by atoms with Gasteiger partial charge in [-0.05, 0) is 26.2 Å². The number of nitrogens with two attached hydrogens (primary N) is 1. The SMILES string of the molecule is COC(=O)[C@H](CCC(=O)O)NC(=O)[C@]1(C)CCCN1C(=O)CN. The second-order valence-electron chi connectivity index (χ2n) is 5.61. The number of nitrogens with one attached hydrogen (secondary N) is 1. The summed E-state index contributed by atoms with van der Waals surface area (Å²) in [5.74, 6) is -2.67. The third kappa shape index (κ3) is 4.41. The molecule has 1 heterocycles. The number of aliphatic carboxylic acids is 1. The lowest BCUT2D eigenvalue weighted by Gasteiger charge is -2.34. The summed E-state index contributed by atoms with van der Waals surface area (Å²) in [6.07, 6.45) is 0.710. The van der Waals surface area contributed by atoms with Gasteiger partial charge < -0.3 is 25.8 Å². The van der Waals surface area contributed by atoms with Crippen molar-refractivity contribution in [3.8, 4) is 0 Å². The number of rotatable bonds is 7. The van der Waals surface area contributed by atoms with Crippen LogP contribution in [0.5, 0.6) is 0 Å². The van der Waals surface area contributed by atoms with Crippen LogP contribution in [0.2, 0.25) is 0 Å². The van der Waals surface area contributed by atoms with Crippen molar-refractivity contribution < 1.29 is 29.0 Å². The van der Waals surface area contributed by atoms with Gasteiger partial charge in [0.15, 0.2) is 0 Å². The molecule has 130 valence electrons. The summed E-state index contributed by atoms with van der Waals surface area (Å²) < 4.78 is 4.59. The summed E-state index contributed by atoms with van der Waals surface area (Å²) in [6.45, 7) is 1.81. The standard InChI is InChI=1S/C14H23N3O6/c1-14(6-3-7-17(14)10(18)8-15)13(22)16-9(12(21)23-2)4-5-11(19)20/h9H,3-8,15H2,1-2H3,(H,16,22)(H,19,20)/t9-,14-/m0/s1. The van der Waals surface area contributed by atoms with Gasteiger partial charge in [0.2, 0.25) is 11.8 Å². The normalized spacial score (nSPS) is 21.6. The minimum Gasteiger partial charge on any atom is -0.481 e. The van der Waals surface area contributed by atoms with E-state index in [1.165, 1.54) is 4.90 Å². The highest BCUT2D eigenvalue weighted by molar-refractivity contribution is 5.94. The molecule has 4 N–H and O–H groups in total. The first-order valence-electron chi connectivity index (χ1n) is 7.37. The molecule has 23 heavy (non-hydrogen) atoms. The number of amides is 2. The first kappa shape index (κ1) is 18.9. The third-order valence-corrected chi connectivity index (χ3v) is 4.04. The largest absolute Gasteiger partial charge is 0.481 e. The van der Waals surface area contributed by atoms with Gasteiger partial charge >= 0.3 is 11.9 Å². The van der Waals surface area contributed by atoms with Crippen molar-refractivity contribution >= 4 is 23.8 Å². The number of carbonyl (C=O) groups is 4. The topological polar surface area (TPSA) is 139 Å². The van der Waals surface area contributed by atoms with Gasteiger partial charge in [0.25, 0.3) is 0 Å². The number of hydrogen-bond acceptors (Lipinski definition) is 6. The van der Waals surface area contributed by atoms with E-state index in [2.05, 4.69) is 10.1 Å². The lowest BCUT2D eigenvalue weighted by atomic mass is 9.96. The van der Waals surface area contributed by atoms with Crippen LogP contribution in [-0.2, 0) is 23.9 Å². The molecular weight excluding hydrogens is 306 g/mol. The molecule has 0 aromatic heterocycles. The highest BCUT2D eigenvalue weighted by atomic mass is 16.5. The number of carboxylic acid groups (broad SMARTS) is 1. The maximum Gasteiger partial charge on any atom is 0.328 e. The molecule has 1 aliphatic heterocycles. The molecule has 9 heteroatoms. The molecule has 0 bridgehead atoms. The predicted molar refractivity (Wildman–Crippen MR) is 79.2 cm³/mol. The molecule has 0 aromatic rings. The molecule has 0 unspecified atom stereocenters. The fraction of sp³-hybridized carbons (Fsp3) is 0.714. The van der Waals surface area contributed by atoms with Crippen LogP contribution >= 0.6 is 0 Å². The Kier molecular flexibility index (Phi) is 6.49. The van der Waals surface area contributed by atoms with E-state index in [0.29, 0.717) is 19.4 Å². The molecule has 0 radical (unpaired) electrons. The number of carbonyl (C=O) groups excluding carboxylic acids is 3. The van der Waals surface area contributed by atoms with Crippen molar-refractivity contribution in [2.45, 2.75) is 44.2 Å². The highest BCUT2D eigenvalue weighted by Gasteiger charge is 2.46. The van der Waals surface area contributed by atoms with Crippen LogP contribution in [-0.4, -0.2) is 65.5 Å². The van der Waals surface area contributed by atoms with Crippen molar-refractivity contribution in [3.05, 3.63) is 0 Å². The molecule has 2 amide bonds. The first-order valence-corrected chi connectivity index (χ1v) is 7.37. The van der Waals surface area contributed by atoms with Crippen molar-refractivity contribution in [2.24, 2.45) is 5.73 Å². The van der Waals surface area contributed by atoms with E-state index in [1.54, 1.807) is 6.92 Å². The zero-order chi connectivity index (χ0) is 17.6. The van der Waals surface area contributed by atoms with Crippen LogP contribution in [0.15, 0.2) is 0 Å². The van der Waals surface area contributed by atoms with Crippen molar-refractivity contribution in [1.29, 1.82) is 0 Å². The van der Waals surface area contributed by atoms with Crippen molar-refractivity contribution in [1.82, 2.24) is 10.2 Å². The van der Waals surface area contributed by atoms with Crippen LogP contribution in [0.4, 0.5) is 0 Å². The number of nitrogens with zero attached hydrogens (tertiary/aromatic N) is 1. The van der Waals surface area contributed by atoms with Crippen LogP contribution in [0.25, 0.3) is 0 Å². The molecule has 1 aliphatic rings. The summed E-state index contributed by atoms with van der Waals surface area (Å²) in [5.41, 5.74) is 4.26. The highest BCUT2D eigenvalue weighted by Crippen LogP contribution is 2.29. The van der Waals surface area contributed by atoms with Gasteiger partial charge in [-0.1, -0.05) is 0 Å². The average molecular weight is 329 g/mol. The minimum atomic E-state index is -1.11. The Morgan fingerprint density at radius 3 is 2.57 bits per heavy atom. The number of esters is 1. The Morgan fingerprint density at radius 2 is 2.04 bits per heavy atom. The molecule has 2 atom stereocenters. The summed E-state index contributed by atoms with van der Waals surface area (Å²) in [5, 5.41) is 11.2. The van der Waals surface area contributed by atoms with Gasteiger partial charge in [-0.3, -0.25) is 14.4 Å². The Hall–Kier alpha value is -2.16. The molecule has 0 spiro atoms. The number of likely N-dealkylation sites (tertiary alicyclic amines) is 1. The van der Waals surface area contributed by atoms with E-state index in [0.717, 1.165) is 7.11 Å². The van der Waals surface area contributed by atoms with Crippen LogP contribution in [0.3, 0.4) is 0 Å². The van der Waals surface area contributed by atoms with Gasteiger partial charge in [0.05, 0.1) is 13.7 Å². The van der Waals surface area contributed by atoms with Crippen molar-refractivity contribution in [3.63, 3.8) is 0 Å². The van der Waals surface area contributed by atoms with Gasteiger partial charge in [-0.15, -0.1) is 0 Å². The van der Waals surface area contributed by atoms with Crippen LogP contribution < -0.4 is 11.1 Å². The molecule has 0 saturated carbocycles. The quantitative estimate of drug-likeness (QED) is 0.501. The molecule has 1 fully saturated rings. The predicted octanol–water partition coefficient (Wildman–Crippen LogP) is -1.15. The van der Waals surface area contributed by atoms with Crippen molar-refractivity contribution in [2.75, 3.05) is 20.2 Å². The second-order valence-corrected chi connectivity index (χ2v) is 5.61. The summed E-state index contributed by atoms with van der Waals surface area (Å²) in [6, 6.07) is -1.07. The van der Waals surface area contributed by atoms with Gasteiger partial charge in [0.1, 0.15) is 11.6 Å². The molecule has 1 saturated heterocycles. The number of hydrogen-bond donors (Lipinski definition) is 3. The number of carboxylic acids is 1. The van der Waals surface area contributed by atoms with Gasteiger partial charge in [-0.2, -0.15) is 0 Å². The van der Waals surface area contributed by atoms with Gasteiger partial charge in [0, 0.05) is 13.0 Å². The zero-order valence-electron chi connectivity index (χ0n) is 13.3. The monoisotopic (exact) mass is 329 g/mol. The van der Waals surface area contributed by atoms with Gasteiger partial charge in [-0.25, -0.2) is 4.79 Å². The fourth-order valence-corrected chi connectivity index (χ4v) is 2.68. The minimum absolute atomic E-state index is 0.0886. The Labute approximate surface area is 134 Å². The molecule has 9 nitrogen and oxygen atoms in total. The molecule has 1 rings (SSSR count). The van der Waals surface area contributed by atoms with E-state index in [-0.39, 0.29) is 25.3 Å². The maximum absolute atomic E-state index is 12.6. The molecule has 0 aromatic carbocycles. The number of methoxy groups -OCH3 is 1. The van der Waals surface area contributed by atoms with E-state index in [9.17, 15) is 19.2 Å². The Morgan fingerprint density at radius 1 is 1.39 bits per heavy atom. The fourth-order valence-electron chi connectivity index (χ4n) is 2.68. The molecule has 0 aliphatic carbocycles. The van der Waals surface area contributed by atoms with E-state index >= 15 is 0 Å². The third-order valence-electron chi connectivity index (χ3n) is 4.04. The summed E-state index contributed by atoms with van der Waals surface area (Å²) in [4.78, 5) is 48.2. The van der Waals surface area contributed by atoms with Crippen LogP contribution in [0, 0.1) is 0 Å². The van der Waals surface area contributed by atoms with E-state index in [1.807, 2.05) is 0 Å². The Bertz CT molecular complexity index is 495. The lowest BCUT2D eigenvalue weighted by molar-refractivity contribution is -0.149. The first-order chi connectivity index (χ1) is 10.8. The summed E-state index contributed by atoms with van der Waals surface area (Å²) in [7, 11) is 1.16. The number of ether oxygens (including phenoxy) is 1.